The van der Waals surface area contributed by atoms with Crippen LogP contribution in [0.4, 0.5) is 0 Å². The third-order valence-corrected chi connectivity index (χ3v) is 6.95. The Balaban J connectivity index is 1.12. The topological polar surface area (TPSA) is 57.3 Å². The van der Waals surface area contributed by atoms with Crippen LogP contribution in [0.2, 0.25) is 0 Å². The minimum absolute atomic E-state index is 0.00692. The monoisotopic (exact) mass is 322 g/mol. The van der Waals surface area contributed by atoms with Crippen molar-refractivity contribution in [3.63, 3.8) is 0 Å². The molecule has 0 spiro atoms. The molecule has 0 aromatic carbocycles. The number of hydrogen-bond acceptors (Lipinski definition) is 5. The molecule has 2 heterocycles. The predicted octanol–water partition coefficient (Wildman–Crippen LogP) is 2.48. The van der Waals surface area contributed by atoms with Crippen LogP contribution in [0, 0.1) is 29.6 Å². The van der Waals surface area contributed by atoms with E-state index in [1.165, 1.54) is 32.1 Å². The average Bonchev–Trinajstić information content (AvgIpc) is 3.30. The highest BCUT2D eigenvalue weighted by atomic mass is 17.2. The first-order chi connectivity index (χ1) is 11.2. The standard InChI is InChI=1S/C18H26O5/c1-9-17-18(21-17)15(23-22-9)7-16(19)20-8-14-12-3-10-2-11(5-12)6-13(14)4-10/h9-15,17-18H,2-8H2,1H3/t9-,10?,11?,12?,13?,14?,15+,17+,18-/m1/s1. The summed E-state index contributed by atoms with van der Waals surface area (Å²) >= 11 is 0. The Bertz CT molecular complexity index is 464. The van der Waals surface area contributed by atoms with Gasteiger partial charge in [0.2, 0.25) is 0 Å². The summed E-state index contributed by atoms with van der Waals surface area (Å²) in [7, 11) is 0. The second kappa shape index (κ2) is 5.43. The second-order valence-corrected chi connectivity index (χ2v) is 8.48. The maximum absolute atomic E-state index is 12.2. The smallest absolute Gasteiger partial charge is 0.308 e. The van der Waals surface area contributed by atoms with E-state index in [4.69, 9.17) is 19.2 Å². The van der Waals surface area contributed by atoms with E-state index in [9.17, 15) is 4.79 Å². The van der Waals surface area contributed by atoms with Gasteiger partial charge in [-0.15, -0.1) is 0 Å². The Hall–Kier alpha value is -0.650. The number of esters is 1. The van der Waals surface area contributed by atoms with Gasteiger partial charge in [-0.25, -0.2) is 9.78 Å². The lowest BCUT2D eigenvalue weighted by atomic mass is 9.52. The van der Waals surface area contributed by atoms with Gasteiger partial charge >= 0.3 is 5.97 Å². The molecule has 0 amide bonds. The molecule has 4 bridgehead atoms. The molecule has 6 fully saturated rings. The minimum Gasteiger partial charge on any atom is -0.465 e. The van der Waals surface area contributed by atoms with Crippen LogP contribution in [0.3, 0.4) is 0 Å². The van der Waals surface area contributed by atoms with Crippen molar-refractivity contribution in [3.05, 3.63) is 0 Å². The van der Waals surface area contributed by atoms with Crippen molar-refractivity contribution in [1.29, 1.82) is 0 Å². The first-order valence-corrected chi connectivity index (χ1v) is 9.30. The molecule has 0 N–H and O–H groups in total. The highest BCUT2D eigenvalue weighted by molar-refractivity contribution is 5.70. The second-order valence-electron chi connectivity index (χ2n) is 8.48. The number of epoxide rings is 1. The van der Waals surface area contributed by atoms with E-state index >= 15 is 0 Å². The maximum atomic E-state index is 12.2. The fourth-order valence-corrected chi connectivity index (χ4v) is 5.95. The van der Waals surface area contributed by atoms with Gasteiger partial charge in [0.25, 0.3) is 0 Å². The lowest BCUT2D eigenvalue weighted by Crippen LogP contribution is -2.47. The van der Waals surface area contributed by atoms with Crippen LogP contribution >= 0.6 is 0 Å². The van der Waals surface area contributed by atoms with Crippen molar-refractivity contribution in [2.75, 3.05) is 6.61 Å². The van der Waals surface area contributed by atoms with Gasteiger partial charge in [-0.2, -0.15) is 0 Å². The summed E-state index contributed by atoms with van der Waals surface area (Å²) in [5.74, 6) is 3.94. The number of hydrogen-bond donors (Lipinski definition) is 0. The molecule has 0 aromatic heterocycles. The van der Waals surface area contributed by atoms with Crippen LogP contribution in [0.5, 0.6) is 0 Å². The summed E-state index contributed by atoms with van der Waals surface area (Å²) in [6.45, 7) is 2.53. The van der Waals surface area contributed by atoms with Crippen LogP contribution in [0.15, 0.2) is 0 Å². The Morgan fingerprint density at radius 3 is 2.39 bits per heavy atom. The molecule has 4 saturated carbocycles. The molecule has 6 aliphatic rings. The van der Waals surface area contributed by atoms with E-state index in [2.05, 4.69) is 0 Å². The van der Waals surface area contributed by atoms with E-state index in [1.807, 2.05) is 6.92 Å². The minimum atomic E-state index is -0.304. The van der Waals surface area contributed by atoms with Gasteiger partial charge < -0.3 is 9.47 Å². The van der Waals surface area contributed by atoms with Crippen LogP contribution in [-0.4, -0.2) is 37.0 Å². The van der Waals surface area contributed by atoms with Gasteiger partial charge in [0.05, 0.1) is 13.0 Å². The molecular weight excluding hydrogens is 296 g/mol. The van der Waals surface area contributed by atoms with Crippen molar-refractivity contribution in [3.8, 4) is 0 Å². The fourth-order valence-electron chi connectivity index (χ4n) is 5.95. The number of ether oxygens (including phenoxy) is 2. The molecule has 0 unspecified atom stereocenters. The van der Waals surface area contributed by atoms with Crippen molar-refractivity contribution in [2.45, 2.75) is 69.9 Å². The highest BCUT2D eigenvalue weighted by Gasteiger charge is 2.54. The Morgan fingerprint density at radius 2 is 1.70 bits per heavy atom. The molecule has 5 nitrogen and oxygen atoms in total. The molecule has 2 aliphatic heterocycles. The molecule has 5 heteroatoms. The van der Waals surface area contributed by atoms with Gasteiger partial charge in [0.15, 0.2) is 0 Å². The Labute approximate surface area is 136 Å². The average molecular weight is 322 g/mol. The third kappa shape index (κ3) is 2.61. The maximum Gasteiger partial charge on any atom is 0.308 e. The summed E-state index contributed by atoms with van der Waals surface area (Å²) in [5, 5.41) is 0. The molecule has 128 valence electrons. The van der Waals surface area contributed by atoms with Gasteiger partial charge in [-0.05, 0) is 68.6 Å². The van der Waals surface area contributed by atoms with E-state index in [0.717, 1.165) is 23.7 Å². The van der Waals surface area contributed by atoms with Gasteiger partial charge in [0, 0.05) is 0 Å². The number of rotatable bonds is 4. The van der Waals surface area contributed by atoms with Crippen molar-refractivity contribution < 1.29 is 24.0 Å². The Kier molecular flexibility index (Phi) is 3.46. The molecular formula is C18H26O5. The summed E-state index contributed by atoms with van der Waals surface area (Å²) in [4.78, 5) is 22.6. The predicted molar refractivity (Wildman–Crippen MR) is 80.2 cm³/mol. The molecule has 6 rings (SSSR count). The SMILES string of the molecule is C[C@H]1OO[C@@H](CC(=O)OCC2C3CC4CC(C3)CC2C4)[C@H]2O[C@H]21. The lowest BCUT2D eigenvalue weighted by molar-refractivity contribution is -0.360. The van der Waals surface area contributed by atoms with Gasteiger partial charge in [-0.3, -0.25) is 4.79 Å². The molecule has 4 atom stereocenters. The van der Waals surface area contributed by atoms with E-state index in [1.54, 1.807) is 0 Å². The zero-order chi connectivity index (χ0) is 15.6. The van der Waals surface area contributed by atoms with Crippen LogP contribution in [0.25, 0.3) is 0 Å². The normalized spacial score (nSPS) is 53.0. The zero-order valence-electron chi connectivity index (χ0n) is 13.7. The van der Waals surface area contributed by atoms with E-state index in [0.29, 0.717) is 12.5 Å². The van der Waals surface area contributed by atoms with E-state index in [-0.39, 0.29) is 36.8 Å². The Morgan fingerprint density at radius 1 is 1.00 bits per heavy atom. The fraction of sp³-hybridized carbons (Fsp3) is 0.944. The molecule has 2 saturated heterocycles. The number of carbonyl (C=O) groups excluding carboxylic acids is 1. The van der Waals surface area contributed by atoms with Crippen molar-refractivity contribution in [1.82, 2.24) is 0 Å². The molecule has 4 aliphatic carbocycles. The molecule has 0 radical (unpaired) electrons. The quantitative estimate of drug-likeness (QED) is 0.452. The highest BCUT2D eigenvalue weighted by Crippen LogP contribution is 2.56. The number of fused-ring (bicyclic) bond motifs is 1. The summed E-state index contributed by atoms with van der Waals surface area (Å²) in [6.07, 6.45) is 6.91. The van der Waals surface area contributed by atoms with E-state index < -0.39 is 0 Å². The van der Waals surface area contributed by atoms with Gasteiger partial charge in [-0.1, -0.05) is 0 Å². The largest absolute Gasteiger partial charge is 0.465 e. The zero-order valence-corrected chi connectivity index (χ0v) is 13.7. The van der Waals surface area contributed by atoms with Crippen LogP contribution in [0.1, 0.15) is 45.4 Å². The van der Waals surface area contributed by atoms with Crippen LogP contribution in [-0.2, 0) is 24.0 Å². The third-order valence-electron chi connectivity index (χ3n) is 6.95. The van der Waals surface area contributed by atoms with Gasteiger partial charge in [0.1, 0.15) is 24.4 Å². The lowest BCUT2D eigenvalue weighted by Gasteiger charge is -2.54. The summed E-state index contributed by atoms with van der Waals surface area (Å²) in [6, 6.07) is 0. The van der Waals surface area contributed by atoms with Crippen molar-refractivity contribution >= 4 is 5.97 Å². The molecule has 23 heavy (non-hydrogen) atoms. The first-order valence-electron chi connectivity index (χ1n) is 9.30. The first kappa shape index (κ1) is 14.7. The van der Waals surface area contributed by atoms with Crippen molar-refractivity contribution in [2.24, 2.45) is 29.6 Å². The summed E-state index contributed by atoms with van der Waals surface area (Å²) in [5.41, 5.74) is 0. The van der Waals surface area contributed by atoms with Crippen LogP contribution < -0.4 is 0 Å². The molecule has 0 aromatic rings. The summed E-state index contributed by atoms with van der Waals surface area (Å²) < 4.78 is 11.2. The number of carbonyl (C=O) groups is 1.